The third-order valence-electron chi connectivity index (χ3n) is 3.24. The number of likely N-dealkylation sites (N-methyl/N-ethyl adjacent to an activating group) is 1. The van der Waals surface area contributed by atoms with E-state index in [0.29, 0.717) is 0 Å². The minimum Gasteiger partial charge on any atom is -0.312 e. The monoisotopic (exact) mass is 184 g/mol. The summed E-state index contributed by atoms with van der Waals surface area (Å²) in [7, 11) is 2.21. The van der Waals surface area contributed by atoms with Crippen molar-refractivity contribution in [3.05, 3.63) is 0 Å². The summed E-state index contributed by atoms with van der Waals surface area (Å²) in [5.74, 6) is 0.880. The van der Waals surface area contributed by atoms with E-state index in [4.69, 9.17) is 0 Å². The molecule has 0 amide bonds. The Labute approximate surface area is 82.7 Å². The second-order valence-corrected chi connectivity index (χ2v) is 4.34. The van der Waals surface area contributed by atoms with Crippen molar-refractivity contribution in [2.24, 2.45) is 5.92 Å². The standard InChI is InChI=1S/C11H24N2/c1-4-10(5-2)8-12-11-6-7-13(3)9-11/h10-12H,4-9H2,1-3H3/t11-/m1/s1. The summed E-state index contributed by atoms with van der Waals surface area (Å²) in [6.45, 7) is 8.29. The maximum Gasteiger partial charge on any atom is 0.0207 e. The van der Waals surface area contributed by atoms with Crippen LogP contribution in [0, 0.1) is 5.92 Å². The largest absolute Gasteiger partial charge is 0.312 e. The molecule has 0 bridgehead atoms. The molecule has 1 rings (SSSR count). The molecule has 0 unspecified atom stereocenters. The summed E-state index contributed by atoms with van der Waals surface area (Å²) in [6, 6.07) is 0.755. The van der Waals surface area contributed by atoms with Crippen LogP contribution in [-0.2, 0) is 0 Å². The van der Waals surface area contributed by atoms with Gasteiger partial charge in [0.05, 0.1) is 0 Å². The van der Waals surface area contributed by atoms with Gasteiger partial charge in [-0.1, -0.05) is 26.7 Å². The molecule has 0 saturated carbocycles. The van der Waals surface area contributed by atoms with Crippen molar-refractivity contribution in [2.75, 3.05) is 26.7 Å². The number of likely N-dealkylation sites (tertiary alicyclic amines) is 1. The molecule has 0 aromatic heterocycles. The van der Waals surface area contributed by atoms with E-state index in [0.717, 1.165) is 12.0 Å². The lowest BCUT2D eigenvalue weighted by molar-refractivity contribution is 0.377. The number of rotatable bonds is 5. The Hall–Kier alpha value is -0.0800. The molecular weight excluding hydrogens is 160 g/mol. The summed E-state index contributed by atoms with van der Waals surface area (Å²) in [4.78, 5) is 2.41. The van der Waals surface area contributed by atoms with Crippen LogP contribution in [0.5, 0.6) is 0 Å². The van der Waals surface area contributed by atoms with Gasteiger partial charge in [0.1, 0.15) is 0 Å². The summed E-state index contributed by atoms with van der Waals surface area (Å²) in [6.07, 6.45) is 3.95. The molecule has 78 valence electrons. The summed E-state index contributed by atoms with van der Waals surface area (Å²) >= 11 is 0. The zero-order valence-corrected chi connectivity index (χ0v) is 9.34. The van der Waals surface area contributed by atoms with Gasteiger partial charge in [-0.2, -0.15) is 0 Å². The van der Waals surface area contributed by atoms with Crippen molar-refractivity contribution in [1.82, 2.24) is 10.2 Å². The Morgan fingerprint density at radius 3 is 2.54 bits per heavy atom. The molecule has 1 heterocycles. The van der Waals surface area contributed by atoms with E-state index >= 15 is 0 Å². The molecule has 1 atom stereocenters. The van der Waals surface area contributed by atoms with E-state index in [1.807, 2.05) is 0 Å². The molecule has 0 spiro atoms. The van der Waals surface area contributed by atoms with Crippen LogP contribution in [0.15, 0.2) is 0 Å². The van der Waals surface area contributed by atoms with Gasteiger partial charge in [-0.3, -0.25) is 0 Å². The van der Waals surface area contributed by atoms with Crippen molar-refractivity contribution < 1.29 is 0 Å². The molecule has 1 N–H and O–H groups in total. The normalized spacial score (nSPS) is 24.5. The van der Waals surface area contributed by atoms with Crippen LogP contribution < -0.4 is 5.32 Å². The van der Waals surface area contributed by atoms with Crippen LogP contribution in [0.25, 0.3) is 0 Å². The minimum atomic E-state index is 0.755. The van der Waals surface area contributed by atoms with E-state index in [9.17, 15) is 0 Å². The maximum atomic E-state index is 3.67. The molecule has 13 heavy (non-hydrogen) atoms. The van der Waals surface area contributed by atoms with Crippen LogP contribution in [0.2, 0.25) is 0 Å². The zero-order chi connectivity index (χ0) is 9.68. The SMILES string of the molecule is CCC(CC)CN[C@@H]1CCN(C)C1. The average Bonchev–Trinajstić information content (AvgIpc) is 2.53. The Bertz CT molecular complexity index is 132. The molecule has 0 radical (unpaired) electrons. The van der Waals surface area contributed by atoms with E-state index in [-0.39, 0.29) is 0 Å². The van der Waals surface area contributed by atoms with Gasteiger partial charge in [0.15, 0.2) is 0 Å². The van der Waals surface area contributed by atoms with Crippen molar-refractivity contribution in [3.8, 4) is 0 Å². The fourth-order valence-electron chi connectivity index (χ4n) is 2.01. The van der Waals surface area contributed by atoms with Gasteiger partial charge in [-0.25, -0.2) is 0 Å². The first kappa shape index (κ1) is 11.0. The molecule has 1 saturated heterocycles. The molecule has 2 nitrogen and oxygen atoms in total. The Morgan fingerprint density at radius 2 is 2.08 bits per heavy atom. The minimum absolute atomic E-state index is 0.755. The predicted octanol–water partition coefficient (Wildman–Crippen LogP) is 1.72. The van der Waals surface area contributed by atoms with Gasteiger partial charge < -0.3 is 10.2 Å². The molecule has 0 aliphatic carbocycles. The first-order chi connectivity index (χ1) is 6.26. The first-order valence-corrected chi connectivity index (χ1v) is 5.68. The van der Waals surface area contributed by atoms with E-state index in [1.54, 1.807) is 0 Å². The molecule has 1 aliphatic heterocycles. The van der Waals surface area contributed by atoms with E-state index < -0.39 is 0 Å². The lowest BCUT2D eigenvalue weighted by atomic mass is 10.0. The smallest absolute Gasteiger partial charge is 0.0207 e. The molecule has 2 heteroatoms. The van der Waals surface area contributed by atoms with Crippen molar-refractivity contribution in [3.63, 3.8) is 0 Å². The lowest BCUT2D eigenvalue weighted by Crippen LogP contribution is -2.34. The topological polar surface area (TPSA) is 15.3 Å². The van der Waals surface area contributed by atoms with Gasteiger partial charge in [-0.15, -0.1) is 0 Å². The predicted molar refractivity (Wildman–Crippen MR) is 58.0 cm³/mol. The molecule has 0 aromatic carbocycles. The number of nitrogens with zero attached hydrogens (tertiary/aromatic N) is 1. The second-order valence-electron chi connectivity index (χ2n) is 4.34. The van der Waals surface area contributed by atoms with Gasteiger partial charge >= 0.3 is 0 Å². The zero-order valence-electron chi connectivity index (χ0n) is 9.34. The third-order valence-corrected chi connectivity index (χ3v) is 3.24. The Balaban J connectivity index is 2.11. The van der Waals surface area contributed by atoms with Gasteiger partial charge in [0.25, 0.3) is 0 Å². The summed E-state index contributed by atoms with van der Waals surface area (Å²) in [5.41, 5.74) is 0. The maximum absolute atomic E-state index is 3.67. The third kappa shape index (κ3) is 3.65. The Kier molecular flexibility index (Phi) is 4.74. The highest BCUT2D eigenvalue weighted by atomic mass is 15.2. The summed E-state index contributed by atoms with van der Waals surface area (Å²) < 4.78 is 0. The van der Waals surface area contributed by atoms with Crippen LogP contribution >= 0.6 is 0 Å². The van der Waals surface area contributed by atoms with Crippen molar-refractivity contribution in [2.45, 2.75) is 39.2 Å². The average molecular weight is 184 g/mol. The van der Waals surface area contributed by atoms with Crippen molar-refractivity contribution >= 4 is 0 Å². The highest BCUT2D eigenvalue weighted by Gasteiger charge is 2.19. The quantitative estimate of drug-likeness (QED) is 0.700. The highest BCUT2D eigenvalue weighted by molar-refractivity contribution is 4.79. The highest BCUT2D eigenvalue weighted by Crippen LogP contribution is 2.09. The van der Waals surface area contributed by atoms with E-state index in [1.165, 1.54) is 38.9 Å². The lowest BCUT2D eigenvalue weighted by Gasteiger charge is -2.17. The second kappa shape index (κ2) is 5.61. The summed E-state index contributed by atoms with van der Waals surface area (Å²) in [5, 5.41) is 3.67. The van der Waals surface area contributed by atoms with Crippen LogP contribution in [0.3, 0.4) is 0 Å². The van der Waals surface area contributed by atoms with Crippen molar-refractivity contribution in [1.29, 1.82) is 0 Å². The fraction of sp³-hybridized carbons (Fsp3) is 1.00. The van der Waals surface area contributed by atoms with E-state index in [2.05, 4.69) is 31.1 Å². The van der Waals surface area contributed by atoms with Gasteiger partial charge in [0, 0.05) is 12.6 Å². The van der Waals surface area contributed by atoms with Crippen LogP contribution in [-0.4, -0.2) is 37.6 Å². The molecule has 1 aliphatic rings. The number of hydrogen-bond acceptors (Lipinski definition) is 2. The Morgan fingerprint density at radius 1 is 1.38 bits per heavy atom. The first-order valence-electron chi connectivity index (χ1n) is 5.68. The van der Waals surface area contributed by atoms with Gasteiger partial charge in [-0.05, 0) is 32.5 Å². The molecular formula is C11H24N2. The number of nitrogens with one attached hydrogen (secondary N) is 1. The van der Waals surface area contributed by atoms with Crippen LogP contribution in [0.4, 0.5) is 0 Å². The molecule has 1 fully saturated rings. The molecule has 0 aromatic rings. The fourth-order valence-corrected chi connectivity index (χ4v) is 2.01. The van der Waals surface area contributed by atoms with Gasteiger partial charge in [0.2, 0.25) is 0 Å². The van der Waals surface area contributed by atoms with Crippen LogP contribution in [0.1, 0.15) is 33.1 Å². The number of hydrogen-bond donors (Lipinski definition) is 1.